The normalized spacial score (nSPS) is 17.6. The number of esters is 1. The molecule has 0 saturated heterocycles. The maximum Gasteiger partial charge on any atom is 0.341 e. The van der Waals surface area contributed by atoms with Crippen molar-refractivity contribution in [1.29, 1.82) is 0 Å². The van der Waals surface area contributed by atoms with Crippen LogP contribution in [0.2, 0.25) is 0 Å². The Bertz CT molecular complexity index is 1190. The van der Waals surface area contributed by atoms with Gasteiger partial charge in [-0.2, -0.15) is 5.10 Å². The molecule has 1 atom stereocenters. The van der Waals surface area contributed by atoms with Gasteiger partial charge in [-0.25, -0.2) is 4.79 Å². The molecule has 0 amide bonds. The van der Waals surface area contributed by atoms with E-state index in [-0.39, 0.29) is 11.3 Å². The average molecular weight is 466 g/mol. The van der Waals surface area contributed by atoms with Crippen LogP contribution in [0.4, 0.5) is 0 Å². The molecule has 2 aromatic heterocycles. The molecule has 0 radical (unpaired) electrons. The van der Waals surface area contributed by atoms with E-state index in [2.05, 4.69) is 47.1 Å². The lowest BCUT2D eigenvalue weighted by Gasteiger charge is -2.14. The molecule has 0 saturated carbocycles. The molecular formula is C25H27N3O2S2. The molecule has 3 heterocycles. The predicted molar refractivity (Wildman–Crippen MR) is 132 cm³/mol. The zero-order valence-corrected chi connectivity index (χ0v) is 20.2. The summed E-state index contributed by atoms with van der Waals surface area (Å²) in [6.07, 6.45) is 4.33. The fourth-order valence-corrected chi connectivity index (χ4v) is 7.18. The summed E-state index contributed by atoms with van der Waals surface area (Å²) in [5.41, 5.74) is 9.86. The molecule has 2 aliphatic rings. The Labute approximate surface area is 196 Å². The van der Waals surface area contributed by atoms with Gasteiger partial charge in [-0.15, -0.1) is 11.3 Å². The van der Waals surface area contributed by atoms with Crippen LogP contribution in [0.15, 0.2) is 41.5 Å². The first kappa shape index (κ1) is 21.3. The number of nitrogens with one attached hydrogen (secondary N) is 1. The molecule has 0 fully saturated rings. The van der Waals surface area contributed by atoms with Gasteiger partial charge in [0.25, 0.3) is 0 Å². The summed E-state index contributed by atoms with van der Waals surface area (Å²) in [4.78, 5) is 14.3. The fraction of sp³-hybridized carbons (Fsp3) is 0.360. The average Bonchev–Trinajstić information content (AvgIpc) is 3.50. The van der Waals surface area contributed by atoms with Crippen LogP contribution in [-0.4, -0.2) is 22.2 Å². The summed E-state index contributed by atoms with van der Waals surface area (Å²) in [6.45, 7) is 6.51. The molecule has 7 heteroatoms. The van der Waals surface area contributed by atoms with Crippen LogP contribution >= 0.6 is 23.1 Å². The number of hydrogen-bond acceptors (Lipinski definition) is 6. The molecular weight excluding hydrogens is 438 g/mol. The number of thiophene rings is 1. The van der Waals surface area contributed by atoms with E-state index in [0.717, 1.165) is 51.8 Å². The largest absolute Gasteiger partial charge is 0.462 e. The van der Waals surface area contributed by atoms with Crippen LogP contribution in [0.5, 0.6) is 0 Å². The van der Waals surface area contributed by atoms with Crippen molar-refractivity contribution in [1.82, 2.24) is 9.99 Å². The molecule has 5 rings (SSSR count). The number of benzene rings is 1. The predicted octanol–water partition coefficient (Wildman–Crippen LogP) is 5.91. The Balaban J connectivity index is 1.52. The lowest BCUT2D eigenvalue weighted by Crippen LogP contribution is -2.13. The summed E-state index contributed by atoms with van der Waals surface area (Å²) in [5.74, 6) is -0.195. The molecule has 0 bridgehead atoms. The lowest BCUT2D eigenvalue weighted by atomic mass is 9.95. The zero-order valence-electron chi connectivity index (χ0n) is 18.6. The molecule has 1 aliphatic heterocycles. The molecule has 3 aromatic rings. The number of aryl methyl sites for hydroxylation is 2. The number of ether oxygens (including phenoxy) is 1. The van der Waals surface area contributed by atoms with Crippen LogP contribution in [-0.2, 0) is 17.6 Å². The van der Waals surface area contributed by atoms with Gasteiger partial charge in [0, 0.05) is 27.4 Å². The quantitative estimate of drug-likeness (QED) is 0.476. The third-order valence-electron chi connectivity index (χ3n) is 6.12. The summed E-state index contributed by atoms with van der Waals surface area (Å²) >= 11 is 3.49. The smallest absolute Gasteiger partial charge is 0.341 e. The van der Waals surface area contributed by atoms with Gasteiger partial charge in [-0.1, -0.05) is 42.1 Å². The second-order valence-electron chi connectivity index (χ2n) is 8.18. The van der Waals surface area contributed by atoms with Crippen molar-refractivity contribution in [2.75, 3.05) is 6.61 Å². The lowest BCUT2D eigenvalue weighted by molar-refractivity contribution is 0.0525. The monoisotopic (exact) mass is 465 g/mol. The zero-order chi connectivity index (χ0) is 22.2. The SMILES string of the molecule is CCOC(=O)c1c(-n2c(C)cc([C@H]3NN=C(c4ccccc4)S3)c2C)sc2c1CCCC2. The number of aromatic nitrogens is 1. The van der Waals surface area contributed by atoms with Gasteiger partial charge in [0.2, 0.25) is 0 Å². The Morgan fingerprint density at radius 2 is 2.00 bits per heavy atom. The number of carbonyl (C=O) groups is 1. The van der Waals surface area contributed by atoms with Crippen molar-refractivity contribution in [3.63, 3.8) is 0 Å². The molecule has 5 nitrogen and oxygen atoms in total. The van der Waals surface area contributed by atoms with Gasteiger partial charge < -0.3 is 9.30 Å². The molecule has 1 aromatic carbocycles. The molecule has 1 aliphatic carbocycles. The Kier molecular flexibility index (Phi) is 5.86. The third kappa shape index (κ3) is 3.67. The highest BCUT2D eigenvalue weighted by Gasteiger charge is 2.31. The van der Waals surface area contributed by atoms with E-state index in [4.69, 9.17) is 4.74 Å². The summed E-state index contributed by atoms with van der Waals surface area (Å²) < 4.78 is 7.73. The second-order valence-corrected chi connectivity index (χ2v) is 10.4. The minimum absolute atomic E-state index is 0.0470. The summed E-state index contributed by atoms with van der Waals surface area (Å²) in [5, 5.41) is 6.64. The Morgan fingerprint density at radius 1 is 1.22 bits per heavy atom. The highest BCUT2D eigenvalue weighted by molar-refractivity contribution is 8.14. The highest BCUT2D eigenvalue weighted by atomic mass is 32.2. The first-order valence-electron chi connectivity index (χ1n) is 11.1. The number of nitrogens with zero attached hydrogens (tertiary/aromatic N) is 2. The number of hydrogen-bond donors (Lipinski definition) is 1. The fourth-order valence-electron chi connectivity index (χ4n) is 4.62. The van der Waals surface area contributed by atoms with E-state index in [1.165, 1.54) is 22.4 Å². The highest BCUT2D eigenvalue weighted by Crippen LogP contribution is 2.42. The van der Waals surface area contributed by atoms with E-state index in [1.54, 1.807) is 23.1 Å². The number of thioether (sulfide) groups is 1. The summed E-state index contributed by atoms with van der Waals surface area (Å²) in [7, 11) is 0. The minimum Gasteiger partial charge on any atom is -0.462 e. The Morgan fingerprint density at radius 3 is 2.78 bits per heavy atom. The van der Waals surface area contributed by atoms with Gasteiger partial charge in [0.1, 0.15) is 15.4 Å². The second kappa shape index (κ2) is 8.79. The van der Waals surface area contributed by atoms with Crippen LogP contribution in [0.3, 0.4) is 0 Å². The van der Waals surface area contributed by atoms with E-state index < -0.39 is 0 Å². The Hall–Kier alpha value is -2.51. The standard InChI is InChI=1S/C25H27N3O2S2/c1-4-30-25(29)21-18-12-8-9-13-20(18)31-24(21)28-15(2)14-19(16(28)3)23-27-26-22(32-23)17-10-6-5-7-11-17/h5-7,10-11,14,23,27H,4,8-9,12-13H2,1-3H3/t23-/m0/s1. The molecule has 0 unspecified atom stereocenters. The summed E-state index contributed by atoms with van der Waals surface area (Å²) in [6, 6.07) is 12.5. The molecule has 1 N–H and O–H groups in total. The maximum atomic E-state index is 13.0. The minimum atomic E-state index is -0.195. The topological polar surface area (TPSA) is 55.6 Å². The van der Waals surface area contributed by atoms with Crippen molar-refractivity contribution >= 4 is 34.1 Å². The first-order chi connectivity index (χ1) is 15.6. The number of hydrazone groups is 1. The van der Waals surface area contributed by atoms with Crippen molar-refractivity contribution in [2.24, 2.45) is 5.10 Å². The number of carbonyl (C=O) groups excluding carboxylic acids is 1. The van der Waals surface area contributed by atoms with E-state index in [0.29, 0.717) is 6.61 Å². The molecule has 32 heavy (non-hydrogen) atoms. The van der Waals surface area contributed by atoms with Crippen molar-refractivity contribution < 1.29 is 9.53 Å². The molecule has 166 valence electrons. The van der Waals surface area contributed by atoms with E-state index >= 15 is 0 Å². The van der Waals surface area contributed by atoms with E-state index in [9.17, 15) is 4.79 Å². The van der Waals surface area contributed by atoms with E-state index in [1.807, 2.05) is 25.1 Å². The van der Waals surface area contributed by atoms with Gasteiger partial charge >= 0.3 is 5.97 Å². The van der Waals surface area contributed by atoms with Gasteiger partial charge in [0.05, 0.1) is 12.2 Å². The van der Waals surface area contributed by atoms with Crippen molar-refractivity contribution in [2.45, 2.75) is 51.8 Å². The van der Waals surface area contributed by atoms with Gasteiger partial charge in [0.15, 0.2) is 0 Å². The maximum absolute atomic E-state index is 13.0. The van der Waals surface area contributed by atoms with Crippen LogP contribution in [0.1, 0.15) is 68.5 Å². The van der Waals surface area contributed by atoms with Crippen molar-refractivity contribution in [3.8, 4) is 5.00 Å². The third-order valence-corrected chi connectivity index (χ3v) is 8.54. The first-order valence-corrected chi connectivity index (χ1v) is 12.8. The molecule has 0 spiro atoms. The van der Waals surface area contributed by atoms with Crippen molar-refractivity contribution in [3.05, 3.63) is 74.9 Å². The van der Waals surface area contributed by atoms with Gasteiger partial charge in [-0.05, 0) is 58.1 Å². The number of fused-ring (bicyclic) bond motifs is 1. The van der Waals surface area contributed by atoms with Gasteiger partial charge in [-0.3, -0.25) is 5.43 Å². The van der Waals surface area contributed by atoms with Crippen LogP contribution < -0.4 is 5.43 Å². The van der Waals surface area contributed by atoms with Crippen LogP contribution in [0.25, 0.3) is 5.00 Å². The number of rotatable bonds is 5. The van der Waals surface area contributed by atoms with Crippen LogP contribution in [0, 0.1) is 13.8 Å².